The summed E-state index contributed by atoms with van der Waals surface area (Å²) in [6, 6.07) is 15.5. The maximum atomic E-state index is 12.3. The van der Waals surface area contributed by atoms with E-state index < -0.39 is 0 Å². The Bertz CT molecular complexity index is 738. The number of ether oxygens (including phenoxy) is 2. The molecule has 3 rings (SSSR count). The number of nitrogens with one attached hydrogen (secondary N) is 1. The standard InChI is InChI=1S/C20H22N2O3/c1-24-17-8-9-19(22-11-13-25-14-12-22)18(15-17)21-20(23)10-7-16-5-3-2-4-6-16/h2-10,15H,11-14H2,1H3,(H,21,23)/b10-7+. The molecule has 0 bridgehead atoms. The van der Waals surface area contributed by atoms with E-state index in [0.717, 1.165) is 30.0 Å². The highest BCUT2D eigenvalue weighted by atomic mass is 16.5. The van der Waals surface area contributed by atoms with Crippen LogP contribution in [0.4, 0.5) is 11.4 Å². The molecule has 5 heteroatoms. The molecule has 2 aromatic rings. The Balaban J connectivity index is 1.77. The third-order valence-electron chi connectivity index (χ3n) is 4.04. The van der Waals surface area contributed by atoms with Gasteiger partial charge in [0.2, 0.25) is 5.91 Å². The van der Waals surface area contributed by atoms with E-state index in [1.54, 1.807) is 13.2 Å². The molecule has 1 N–H and O–H groups in total. The Morgan fingerprint density at radius 1 is 1.16 bits per heavy atom. The van der Waals surface area contributed by atoms with E-state index in [1.807, 2.05) is 48.5 Å². The van der Waals surface area contributed by atoms with Crippen molar-refractivity contribution < 1.29 is 14.3 Å². The van der Waals surface area contributed by atoms with Crippen LogP contribution in [0.25, 0.3) is 6.08 Å². The second-order valence-electron chi connectivity index (χ2n) is 5.72. The lowest BCUT2D eigenvalue weighted by molar-refractivity contribution is -0.111. The Kier molecular flexibility index (Phi) is 5.69. The van der Waals surface area contributed by atoms with Gasteiger partial charge in [0, 0.05) is 25.2 Å². The number of hydrogen-bond donors (Lipinski definition) is 1. The van der Waals surface area contributed by atoms with Crippen molar-refractivity contribution in [2.75, 3.05) is 43.6 Å². The SMILES string of the molecule is COc1ccc(N2CCOCC2)c(NC(=O)/C=C/c2ccccc2)c1. The quantitative estimate of drug-likeness (QED) is 0.851. The maximum Gasteiger partial charge on any atom is 0.248 e. The third kappa shape index (κ3) is 4.61. The number of morpholine rings is 1. The molecule has 1 heterocycles. The highest BCUT2D eigenvalue weighted by Crippen LogP contribution is 2.31. The van der Waals surface area contributed by atoms with Crippen molar-refractivity contribution in [3.8, 4) is 5.75 Å². The predicted octanol–water partition coefficient (Wildman–Crippen LogP) is 3.18. The lowest BCUT2D eigenvalue weighted by atomic mass is 10.2. The van der Waals surface area contributed by atoms with Gasteiger partial charge in [-0.1, -0.05) is 30.3 Å². The lowest BCUT2D eigenvalue weighted by Gasteiger charge is -2.30. The molecule has 1 saturated heterocycles. The lowest BCUT2D eigenvalue weighted by Crippen LogP contribution is -2.36. The molecule has 0 atom stereocenters. The first-order valence-corrected chi connectivity index (χ1v) is 8.31. The summed E-state index contributed by atoms with van der Waals surface area (Å²) in [5.74, 6) is 0.533. The van der Waals surface area contributed by atoms with Gasteiger partial charge in [-0.25, -0.2) is 0 Å². The van der Waals surface area contributed by atoms with Crippen LogP contribution in [0.5, 0.6) is 5.75 Å². The summed E-state index contributed by atoms with van der Waals surface area (Å²) < 4.78 is 10.7. The van der Waals surface area contributed by atoms with Gasteiger partial charge in [-0.3, -0.25) is 4.79 Å². The summed E-state index contributed by atoms with van der Waals surface area (Å²) in [5.41, 5.74) is 2.70. The molecular formula is C20H22N2O3. The number of anilines is 2. The zero-order chi connectivity index (χ0) is 17.5. The van der Waals surface area contributed by atoms with E-state index in [0.29, 0.717) is 19.0 Å². The Morgan fingerprint density at radius 3 is 2.64 bits per heavy atom. The number of methoxy groups -OCH3 is 1. The first-order chi connectivity index (χ1) is 12.3. The number of carbonyl (C=O) groups is 1. The monoisotopic (exact) mass is 338 g/mol. The second kappa shape index (κ2) is 8.35. The molecule has 0 spiro atoms. The average Bonchev–Trinajstić information content (AvgIpc) is 2.68. The van der Waals surface area contributed by atoms with E-state index in [-0.39, 0.29) is 5.91 Å². The van der Waals surface area contributed by atoms with Crippen molar-refractivity contribution in [1.82, 2.24) is 0 Å². The summed E-state index contributed by atoms with van der Waals surface area (Å²) in [6.45, 7) is 2.98. The highest BCUT2D eigenvalue weighted by Gasteiger charge is 2.16. The summed E-state index contributed by atoms with van der Waals surface area (Å²) in [4.78, 5) is 14.5. The van der Waals surface area contributed by atoms with Crippen molar-refractivity contribution in [1.29, 1.82) is 0 Å². The summed E-state index contributed by atoms with van der Waals surface area (Å²) in [5, 5.41) is 2.96. The molecule has 2 aromatic carbocycles. The van der Waals surface area contributed by atoms with Gasteiger partial charge in [-0.2, -0.15) is 0 Å². The molecule has 1 amide bonds. The van der Waals surface area contributed by atoms with Crippen LogP contribution in [0.2, 0.25) is 0 Å². The topological polar surface area (TPSA) is 50.8 Å². The van der Waals surface area contributed by atoms with Crippen LogP contribution < -0.4 is 15.0 Å². The summed E-state index contributed by atoms with van der Waals surface area (Å²) in [7, 11) is 1.62. The molecule has 1 aliphatic rings. The summed E-state index contributed by atoms with van der Waals surface area (Å²) >= 11 is 0. The van der Waals surface area contributed by atoms with Gasteiger partial charge >= 0.3 is 0 Å². The van der Waals surface area contributed by atoms with Gasteiger partial charge < -0.3 is 19.7 Å². The molecule has 0 radical (unpaired) electrons. The van der Waals surface area contributed by atoms with Crippen LogP contribution in [0.15, 0.2) is 54.6 Å². The molecule has 5 nitrogen and oxygen atoms in total. The van der Waals surface area contributed by atoms with Crippen LogP contribution in [-0.4, -0.2) is 39.3 Å². The summed E-state index contributed by atoms with van der Waals surface area (Å²) in [6.07, 6.45) is 3.34. The fourth-order valence-electron chi connectivity index (χ4n) is 2.73. The van der Waals surface area contributed by atoms with Crippen LogP contribution in [-0.2, 0) is 9.53 Å². The smallest absolute Gasteiger partial charge is 0.248 e. The first kappa shape index (κ1) is 17.0. The zero-order valence-corrected chi connectivity index (χ0v) is 14.3. The molecular weight excluding hydrogens is 316 g/mol. The van der Waals surface area contributed by atoms with E-state index in [2.05, 4.69) is 10.2 Å². The van der Waals surface area contributed by atoms with E-state index in [1.165, 1.54) is 6.08 Å². The molecule has 1 aliphatic heterocycles. The largest absolute Gasteiger partial charge is 0.497 e. The average molecular weight is 338 g/mol. The Labute approximate surface area is 147 Å². The molecule has 1 fully saturated rings. The van der Waals surface area contributed by atoms with Gasteiger partial charge in [0.05, 0.1) is 31.7 Å². The minimum absolute atomic E-state index is 0.174. The molecule has 130 valence electrons. The van der Waals surface area contributed by atoms with Crippen molar-refractivity contribution >= 4 is 23.4 Å². The Morgan fingerprint density at radius 2 is 1.92 bits per heavy atom. The second-order valence-corrected chi connectivity index (χ2v) is 5.72. The van der Waals surface area contributed by atoms with E-state index >= 15 is 0 Å². The van der Waals surface area contributed by atoms with Gasteiger partial charge in [-0.15, -0.1) is 0 Å². The number of nitrogens with zero attached hydrogens (tertiary/aromatic N) is 1. The van der Waals surface area contributed by atoms with Crippen LogP contribution >= 0.6 is 0 Å². The van der Waals surface area contributed by atoms with Crippen molar-refractivity contribution in [3.63, 3.8) is 0 Å². The van der Waals surface area contributed by atoms with E-state index in [9.17, 15) is 4.79 Å². The van der Waals surface area contributed by atoms with Crippen molar-refractivity contribution in [3.05, 3.63) is 60.2 Å². The number of benzene rings is 2. The Hall–Kier alpha value is -2.79. The van der Waals surface area contributed by atoms with Gasteiger partial charge in [0.25, 0.3) is 0 Å². The minimum Gasteiger partial charge on any atom is -0.497 e. The molecule has 0 saturated carbocycles. The number of amides is 1. The van der Waals surface area contributed by atoms with Gasteiger partial charge in [0.1, 0.15) is 5.75 Å². The predicted molar refractivity (Wildman–Crippen MR) is 100 cm³/mol. The number of rotatable bonds is 5. The fraction of sp³-hybridized carbons (Fsp3) is 0.250. The molecule has 0 aromatic heterocycles. The van der Waals surface area contributed by atoms with E-state index in [4.69, 9.17) is 9.47 Å². The third-order valence-corrected chi connectivity index (χ3v) is 4.04. The normalized spacial score (nSPS) is 14.5. The van der Waals surface area contributed by atoms with Crippen molar-refractivity contribution in [2.24, 2.45) is 0 Å². The molecule has 25 heavy (non-hydrogen) atoms. The first-order valence-electron chi connectivity index (χ1n) is 8.31. The van der Waals surface area contributed by atoms with Crippen LogP contribution in [0.1, 0.15) is 5.56 Å². The van der Waals surface area contributed by atoms with Crippen molar-refractivity contribution in [2.45, 2.75) is 0 Å². The van der Waals surface area contributed by atoms with Gasteiger partial charge in [0.15, 0.2) is 0 Å². The van der Waals surface area contributed by atoms with Crippen LogP contribution in [0, 0.1) is 0 Å². The highest BCUT2D eigenvalue weighted by molar-refractivity contribution is 6.04. The number of carbonyl (C=O) groups excluding carboxylic acids is 1. The molecule has 0 unspecified atom stereocenters. The number of hydrogen-bond acceptors (Lipinski definition) is 4. The zero-order valence-electron chi connectivity index (χ0n) is 14.3. The van der Waals surface area contributed by atoms with Gasteiger partial charge in [-0.05, 0) is 23.8 Å². The minimum atomic E-state index is -0.174. The fourth-order valence-corrected chi connectivity index (χ4v) is 2.73. The molecule has 0 aliphatic carbocycles. The maximum absolute atomic E-state index is 12.3. The van der Waals surface area contributed by atoms with Crippen LogP contribution in [0.3, 0.4) is 0 Å².